The number of nitrogens with zero attached hydrogens (tertiary/aromatic N) is 2. The molecule has 2 aliphatic heterocycles. The van der Waals surface area contributed by atoms with E-state index in [0.29, 0.717) is 35.2 Å². The number of carbonyl (C=O) groups excluding carboxylic acids is 2. The average Bonchev–Trinajstić information content (AvgIpc) is 3.30. The quantitative estimate of drug-likeness (QED) is 0.657. The summed E-state index contributed by atoms with van der Waals surface area (Å²) in [7, 11) is -3.65. The van der Waals surface area contributed by atoms with Crippen molar-refractivity contribution in [1.29, 1.82) is 0 Å². The van der Waals surface area contributed by atoms with Crippen LogP contribution in [-0.4, -0.2) is 49.9 Å². The molecular weight excluding hydrogens is 482 g/mol. The molecule has 2 amide bonds. The summed E-state index contributed by atoms with van der Waals surface area (Å²) in [6.07, 6.45) is 1.68. The number of thioether (sulfide) groups is 1. The molecule has 10 heteroatoms. The molecular formula is C23H26ClN3O4S2. The molecule has 1 N–H and O–H groups in total. The maximum absolute atomic E-state index is 13.2. The van der Waals surface area contributed by atoms with Gasteiger partial charge in [0.1, 0.15) is 6.54 Å². The van der Waals surface area contributed by atoms with Gasteiger partial charge >= 0.3 is 0 Å². The number of nitrogens with one attached hydrogen (secondary N) is 1. The highest BCUT2D eigenvalue weighted by atomic mass is 35.5. The lowest BCUT2D eigenvalue weighted by atomic mass is 10.1. The lowest BCUT2D eigenvalue weighted by molar-refractivity contribution is -0.123. The van der Waals surface area contributed by atoms with Crippen LogP contribution in [0.4, 0.5) is 11.4 Å². The standard InChI is InChI=1S/C23H26ClN3O4S2/c1-15-5-6-17(11-19(15)24)25-22(28)13-27-20-12-18(33(30,31)26-9-3-4-10-26)7-8-21(20)32-14-16(2)23(27)29/h5-8,11-12,16H,3-4,9-10,13-14H2,1-2H3,(H,25,28). The Morgan fingerprint density at radius 2 is 1.91 bits per heavy atom. The SMILES string of the molecule is Cc1ccc(NC(=O)CN2C(=O)C(C)CSc3ccc(S(=O)(=O)N4CCCC4)cc32)cc1Cl. The highest BCUT2D eigenvalue weighted by Crippen LogP contribution is 2.38. The second kappa shape index (κ2) is 9.66. The van der Waals surface area contributed by atoms with Crippen LogP contribution in [0.2, 0.25) is 5.02 Å². The highest BCUT2D eigenvalue weighted by molar-refractivity contribution is 7.99. The number of fused-ring (bicyclic) bond motifs is 1. The Balaban J connectivity index is 1.64. The number of aryl methyl sites for hydroxylation is 1. The van der Waals surface area contributed by atoms with Gasteiger partial charge in [0.05, 0.1) is 10.6 Å². The van der Waals surface area contributed by atoms with Crippen LogP contribution in [0, 0.1) is 12.8 Å². The van der Waals surface area contributed by atoms with Gasteiger partial charge in [-0.2, -0.15) is 4.31 Å². The van der Waals surface area contributed by atoms with Crippen molar-refractivity contribution in [3.8, 4) is 0 Å². The number of hydrogen-bond acceptors (Lipinski definition) is 5. The van der Waals surface area contributed by atoms with Crippen molar-refractivity contribution in [3.05, 3.63) is 47.0 Å². The minimum absolute atomic E-state index is 0.141. The van der Waals surface area contributed by atoms with Crippen LogP contribution in [0.5, 0.6) is 0 Å². The zero-order chi connectivity index (χ0) is 23.8. The van der Waals surface area contributed by atoms with Crippen LogP contribution in [0.1, 0.15) is 25.3 Å². The summed E-state index contributed by atoms with van der Waals surface area (Å²) in [6, 6.07) is 10.1. The van der Waals surface area contributed by atoms with Crippen molar-refractivity contribution in [2.24, 2.45) is 5.92 Å². The van der Waals surface area contributed by atoms with Crippen molar-refractivity contribution >= 4 is 56.6 Å². The van der Waals surface area contributed by atoms with Crippen LogP contribution in [0.3, 0.4) is 0 Å². The number of carbonyl (C=O) groups is 2. The first-order valence-electron chi connectivity index (χ1n) is 10.8. The maximum atomic E-state index is 13.2. The van der Waals surface area contributed by atoms with E-state index in [1.54, 1.807) is 30.3 Å². The Morgan fingerprint density at radius 1 is 1.18 bits per heavy atom. The van der Waals surface area contributed by atoms with E-state index in [1.165, 1.54) is 27.0 Å². The molecule has 0 radical (unpaired) electrons. The van der Waals surface area contributed by atoms with Crippen molar-refractivity contribution in [2.45, 2.75) is 36.5 Å². The highest BCUT2D eigenvalue weighted by Gasteiger charge is 2.33. The van der Waals surface area contributed by atoms with Gasteiger partial charge in [0.25, 0.3) is 0 Å². The van der Waals surface area contributed by atoms with E-state index in [9.17, 15) is 18.0 Å². The molecule has 1 fully saturated rings. The average molecular weight is 508 g/mol. The molecule has 0 spiro atoms. The Morgan fingerprint density at radius 3 is 2.61 bits per heavy atom. The van der Waals surface area contributed by atoms with Crippen molar-refractivity contribution in [3.63, 3.8) is 0 Å². The molecule has 176 valence electrons. The first-order chi connectivity index (χ1) is 15.7. The predicted octanol–water partition coefficient (Wildman–Crippen LogP) is 4.15. The number of rotatable bonds is 5. The molecule has 0 saturated carbocycles. The van der Waals surface area contributed by atoms with E-state index in [4.69, 9.17) is 11.6 Å². The fourth-order valence-corrected chi connectivity index (χ4v) is 6.69. The second-order valence-corrected chi connectivity index (χ2v) is 11.8. The number of hydrogen-bond donors (Lipinski definition) is 1. The summed E-state index contributed by atoms with van der Waals surface area (Å²) in [4.78, 5) is 28.3. The van der Waals surface area contributed by atoms with Gasteiger partial charge < -0.3 is 10.2 Å². The Labute approximate surface area is 203 Å². The number of benzene rings is 2. The third-order valence-corrected chi connectivity index (χ3v) is 9.48. The van der Waals surface area contributed by atoms with Crippen LogP contribution in [0.25, 0.3) is 0 Å². The first-order valence-corrected chi connectivity index (χ1v) is 13.6. The zero-order valence-corrected chi connectivity index (χ0v) is 20.9. The molecule has 33 heavy (non-hydrogen) atoms. The Hall–Kier alpha value is -2.07. The van der Waals surface area contributed by atoms with Gasteiger partial charge in [-0.05, 0) is 55.7 Å². The second-order valence-electron chi connectivity index (χ2n) is 8.39. The Kier molecular flexibility index (Phi) is 7.04. The molecule has 0 bridgehead atoms. The number of halogens is 1. The van der Waals surface area contributed by atoms with Crippen LogP contribution in [-0.2, 0) is 19.6 Å². The molecule has 0 aliphatic carbocycles. The number of anilines is 2. The van der Waals surface area contributed by atoms with Gasteiger partial charge in [-0.1, -0.05) is 24.6 Å². The molecule has 0 aromatic heterocycles. The number of amides is 2. The minimum atomic E-state index is -3.65. The molecule has 2 aromatic rings. The van der Waals surface area contributed by atoms with E-state index >= 15 is 0 Å². The van der Waals surface area contributed by atoms with E-state index in [2.05, 4.69) is 5.32 Å². The van der Waals surface area contributed by atoms with Gasteiger partial charge in [-0.15, -0.1) is 11.8 Å². The van der Waals surface area contributed by atoms with E-state index in [0.717, 1.165) is 23.3 Å². The third kappa shape index (κ3) is 5.06. The van der Waals surface area contributed by atoms with Crippen LogP contribution >= 0.6 is 23.4 Å². The van der Waals surface area contributed by atoms with Crippen molar-refractivity contribution in [1.82, 2.24) is 4.31 Å². The predicted molar refractivity (Wildman–Crippen MR) is 131 cm³/mol. The zero-order valence-electron chi connectivity index (χ0n) is 18.5. The lowest BCUT2D eigenvalue weighted by Gasteiger charge is -2.25. The maximum Gasteiger partial charge on any atom is 0.244 e. The van der Waals surface area contributed by atoms with Gasteiger partial charge in [0, 0.05) is 40.4 Å². The van der Waals surface area contributed by atoms with E-state index < -0.39 is 10.0 Å². The lowest BCUT2D eigenvalue weighted by Crippen LogP contribution is -2.41. The molecule has 4 rings (SSSR count). The molecule has 2 aliphatic rings. The van der Waals surface area contributed by atoms with Crippen molar-refractivity contribution in [2.75, 3.05) is 35.6 Å². The summed E-state index contributed by atoms with van der Waals surface area (Å²) in [6.45, 7) is 4.45. The van der Waals surface area contributed by atoms with Gasteiger partial charge in [-0.25, -0.2) is 8.42 Å². The monoisotopic (exact) mass is 507 g/mol. The minimum Gasteiger partial charge on any atom is -0.324 e. The van der Waals surface area contributed by atoms with Crippen molar-refractivity contribution < 1.29 is 18.0 Å². The van der Waals surface area contributed by atoms with Gasteiger partial charge in [0.15, 0.2) is 0 Å². The summed E-state index contributed by atoms with van der Waals surface area (Å²) >= 11 is 7.65. The summed E-state index contributed by atoms with van der Waals surface area (Å²) < 4.78 is 27.7. The molecule has 7 nitrogen and oxygen atoms in total. The summed E-state index contributed by atoms with van der Waals surface area (Å²) in [5, 5.41) is 3.32. The molecule has 1 saturated heterocycles. The van der Waals surface area contributed by atoms with Crippen LogP contribution < -0.4 is 10.2 Å². The summed E-state index contributed by atoms with van der Waals surface area (Å²) in [5.74, 6) is -0.367. The molecule has 2 heterocycles. The Bertz CT molecular complexity index is 1200. The summed E-state index contributed by atoms with van der Waals surface area (Å²) in [5.41, 5.74) is 1.88. The van der Waals surface area contributed by atoms with E-state index in [1.807, 2.05) is 13.8 Å². The molecule has 1 atom stereocenters. The normalized spacial score (nSPS) is 19.3. The smallest absolute Gasteiger partial charge is 0.244 e. The van der Waals surface area contributed by atoms with E-state index in [-0.39, 0.29) is 29.2 Å². The fraction of sp³-hybridized carbons (Fsp3) is 0.391. The number of sulfonamides is 1. The van der Waals surface area contributed by atoms with Gasteiger partial charge in [0.2, 0.25) is 21.8 Å². The molecule has 2 aromatic carbocycles. The van der Waals surface area contributed by atoms with Crippen LogP contribution in [0.15, 0.2) is 46.2 Å². The van der Waals surface area contributed by atoms with Gasteiger partial charge in [-0.3, -0.25) is 9.59 Å². The third-order valence-electron chi connectivity index (χ3n) is 5.86. The first kappa shape index (κ1) is 24.1. The molecule has 1 unspecified atom stereocenters. The fourth-order valence-electron chi connectivity index (χ4n) is 3.92. The largest absolute Gasteiger partial charge is 0.324 e. The topological polar surface area (TPSA) is 86.8 Å².